The zero-order valence-corrected chi connectivity index (χ0v) is 18.2. The van der Waals surface area contributed by atoms with E-state index in [-0.39, 0.29) is 17.8 Å². The molecule has 0 spiro atoms. The molecule has 0 bridgehead atoms. The van der Waals surface area contributed by atoms with Gasteiger partial charge in [0.05, 0.1) is 17.7 Å². The summed E-state index contributed by atoms with van der Waals surface area (Å²) in [6, 6.07) is 13.1. The molecule has 168 valence electrons. The molecule has 0 atom stereocenters. The van der Waals surface area contributed by atoms with E-state index in [0.717, 1.165) is 40.3 Å². The summed E-state index contributed by atoms with van der Waals surface area (Å²) >= 11 is 0. The quantitative estimate of drug-likeness (QED) is 0.542. The number of carbonyl (C=O) groups is 2. The molecule has 2 aromatic carbocycles. The Labute approximate surface area is 184 Å². The molecule has 8 heteroatoms. The lowest BCUT2D eigenvalue weighted by Gasteiger charge is -2.16. The highest BCUT2D eigenvalue weighted by Crippen LogP contribution is 2.36. The van der Waals surface area contributed by atoms with Crippen LogP contribution in [0.5, 0.6) is 0 Å². The van der Waals surface area contributed by atoms with E-state index in [4.69, 9.17) is 0 Å². The van der Waals surface area contributed by atoms with Gasteiger partial charge in [-0.05, 0) is 62.7 Å². The maximum Gasteiger partial charge on any atom is 0.418 e. The molecule has 0 saturated heterocycles. The molecule has 0 fully saturated rings. The van der Waals surface area contributed by atoms with Crippen molar-refractivity contribution in [2.24, 2.45) is 0 Å². The number of hydrogen-bond donors (Lipinski definition) is 2. The first kappa shape index (κ1) is 23.1. The van der Waals surface area contributed by atoms with Crippen LogP contribution in [-0.2, 0) is 22.2 Å². The topological polar surface area (TPSA) is 63.1 Å². The summed E-state index contributed by atoms with van der Waals surface area (Å²) in [5.74, 6) is -1.05. The van der Waals surface area contributed by atoms with Gasteiger partial charge in [0.15, 0.2) is 0 Å². The van der Waals surface area contributed by atoms with Gasteiger partial charge in [0.25, 0.3) is 0 Å². The van der Waals surface area contributed by atoms with Gasteiger partial charge in [0.2, 0.25) is 11.8 Å². The van der Waals surface area contributed by atoms with Gasteiger partial charge in [-0.1, -0.05) is 17.7 Å². The first-order valence-corrected chi connectivity index (χ1v) is 9.99. The van der Waals surface area contributed by atoms with Crippen molar-refractivity contribution in [1.82, 2.24) is 4.57 Å². The molecule has 1 aromatic heterocycles. The molecular weight excluding hydrogens is 419 g/mol. The third-order valence-electron chi connectivity index (χ3n) is 5.10. The summed E-state index contributed by atoms with van der Waals surface area (Å²) in [5, 5.41) is 4.69. The Morgan fingerprint density at radius 2 is 1.59 bits per heavy atom. The third kappa shape index (κ3) is 5.19. The number of aryl methyl sites for hydroxylation is 2. The number of nitrogens with zero attached hydrogens (tertiary/aromatic N) is 1. The molecule has 0 aliphatic rings. The van der Waals surface area contributed by atoms with Crippen LogP contribution in [-0.4, -0.2) is 16.4 Å². The minimum Gasteiger partial charge on any atom is -0.326 e. The largest absolute Gasteiger partial charge is 0.418 e. The SMILES string of the molecule is CC(=O)Nc1ccc(NC(=O)Cc2cc(C)n(-c3ccc(C)cc3)c2C)c(C(F)(F)F)c1. The Morgan fingerprint density at radius 1 is 0.938 bits per heavy atom. The highest BCUT2D eigenvalue weighted by atomic mass is 19.4. The summed E-state index contributed by atoms with van der Waals surface area (Å²) in [6.07, 6.45) is -4.77. The van der Waals surface area contributed by atoms with Crippen LogP contribution in [0, 0.1) is 20.8 Å². The molecule has 0 aliphatic carbocycles. The van der Waals surface area contributed by atoms with Crippen molar-refractivity contribution in [3.63, 3.8) is 0 Å². The number of anilines is 2. The summed E-state index contributed by atoms with van der Waals surface area (Å²) in [4.78, 5) is 23.8. The first-order chi connectivity index (χ1) is 15.0. The number of halogens is 3. The molecule has 1 heterocycles. The zero-order valence-electron chi connectivity index (χ0n) is 18.2. The van der Waals surface area contributed by atoms with Crippen molar-refractivity contribution in [2.75, 3.05) is 10.6 Å². The predicted octanol–water partition coefficient (Wildman–Crippen LogP) is 5.56. The fourth-order valence-electron chi connectivity index (χ4n) is 3.64. The van der Waals surface area contributed by atoms with Gasteiger partial charge >= 0.3 is 6.18 Å². The van der Waals surface area contributed by atoms with Crippen LogP contribution in [0.3, 0.4) is 0 Å². The Hall–Kier alpha value is -3.55. The van der Waals surface area contributed by atoms with Crippen molar-refractivity contribution in [3.05, 3.63) is 76.6 Å². The molecule has 5 nitrogen and oxygen atoms in total. The van der Waals surface area contributed by atoms with Crippen LogP contribution < -0.4 is 10.6 Å². The Kier molecular flexibility index (Phi) is 6.43. The number of nitrogens with one attached hydrogen (secondary N) is 2. The standard InChI is InChI=1S/C24H24F3N3O2/c1-14-5-8-20(9-6-14)30-15(2)11-18(16(30)3)12-23(32)29-22-10-7-19(28-17(4)31)13-21(22)24(25,26)27/h5-11,13H,12H2,1-4H3,(H,28,31)(H,29,32). The van der Waals surface area contributed by atoms with Gasteiger partial charge < -0.3 is 15.2 Å². The lowest BCUT2D eigenvalue weighted by atomic mass is 10.1. The van der Waals surface area contributed by atoms with Crippen molar-refractivity contribution < 1.29 is 22.8 Å². The number of aromatic nitrogens is 1. The molecule has 0 radical (unpaired) electrons. The molecular formula is C24H24F3N3O2. The van der Waals surface area contributed by atoms with Crippen LogP contribution in [0.4, 0.5) is 24.5 Å². The molecule has 2 amide bonds. The van der Waals surface area contributed by atoms with Crippen LogP contribution in [0.15, 0.2) is 48.5 Å². The monoisotopic (exact) mass is 443 g/mol. The van der Waals surface area contributed by atoms with E-state index in [9.17, 15) is 22.8 Å². The van der Waals surface area contributed by atoms with E-state index in [0.29, 0.717) is 0 Å². The molecule has 0 aliphatic heterocycles. The number of benzene rings is 2. The Balaban J connectivity index is 1.84. The minimum atomic E-state index is -4.70. The normalized spacial score (nSPS) is 11.3. The highest BCUT2D eigenvalue weighted by Gasteiger charge is 2.34. The van der Waals surface area contributed by atoms with Crippen molar-refractivity contribution in [2.45, 2.75) is 40.3 Å². The number of rotatable bonds is 5. The van der Waals surface area contributed by atoms with Crippen molar-refractivity contribution in [1.29, 1.82) is 0 Å². The van der Waals surface area contributed by atoms with Crippen LogP contribution in [0.25, 0.3) is 5.69 Å². The predicted molar refractivity (Wildman–Crippen MR) is 118 cm³/mol. The maximum atomic E-state index is 13.5. The van der Waals surface area contributed by atoms with Gasteiger partial charge in [0, 0.05) is 29.7 Å². The van der Waals surface area contributed by atoms with Crippen LogP contribution in [0.2, 0.25) is 0 Å². The van der Waals surface area contributed by atoms with E-state index in [1.807, 2.05) is 55.7 Å². The van der Waals surface area contributed by atoms with Gasteiger partial charge in [-0.2, -0.15) is 13.2 Å². The average molecular weight is 443 g/mol. The lowest BCUT2D eigenvalue weighted by molar-refractivity contribution is -0.137. The molecule has 0 unspecified atom stereocenters. The van der Waals surface area contributed by atoms with Crippen LogP contribution in [0.1, 0.15) is 35.0 Å². The second kappa shape index (κ2) is 8.90. The van der Waals surface area contributed by atoms with Crippen molar-refractivity contribution in [3.8, 4) is 5.69 Å². The van der Waals surface area contributed by atoms with E-state index in [2.05, 4.69) is 10.6 Å². The minimum absolute atomic E-state index is 0.00414. The first-order valence-electron chi connectivity index (χ1n) is 9.99. The smallest absolute Gasteiger partial charge is 0.326 e. The Bertz CT molecular complexity index is 1160. The molecule has 3 rings (SSSR count). The third-order valence-corrected chi connectivity index (χ3v) is 5.10. The van der Waals surface area contributed by atoms with E-state index < -0.39 is 23.6 Å². The second-order valence-electron chi connectivity index (χ2n) is 7.73. The van der Waals surface area contributed by atoms with E-state index >= 15 is 0 Å². The summed E-state index contributed by atoms with van der Waals surface area (Å²) in [5.41, 5.74) is 3.19. The number of hydrogen-bond acceptors (Lipinski definition) is 2. The fraction of sp³-hybridized carbons (Fsp3) is 0.250. The number of carbonyl (C=O) groups excluding carboxylic acids is 2. The van der Waals surface area contributed by atoms with Gasteiger partial charge in [0.1, 0.15) is 0 Å². The van der Waals surface area contributed by atoms with Crippen LogP contribution >= 0.6 is 0 Å². The zero-order chi connectivity index (χ0) is 23.6. The lowest BCUT2D eigenvalue weighted by Crippen LogP contribution is -2.19. The second-order valence-corrected chi connectivity index (χ2v) is 7.73. The van der Waals surface area contributed by atoms with Gasteiger partial charge in [-0.15, -0.1) is 0 Å². The van der Waals surface area contributed by atoms with E-state index in [1.165, 1.54) is 13.0 Å². The summed E-state index contributed by atoms with van der Waals surface area (Å²) < 4.78 is 42.5. The molecule has 32 heavy (non-hydrogen) atoms. The fourth-order valence-corrected chi connectivity index (χ4v) is 3.64. The average Bonchev–Trinajstić information content (AvgIpc) is 2.95. The van der Waals surface area contributed by atoms with E-state index in [1.54, 1.807) is 0 Å². The molecule has 2 N–H and O–H groups in total. The molecule has 0 saturated carbocycles. The summed E-state index contributed by atoms with van der Waals surface area (Å²) in [6.45, 7) is 6.98. The number of alkyl halides is 3. The molecule has 3 aromatic rings. The number of amides is 2. The van der Waals surface area contributed by atoms with Gasteiger partial charge in [-0.3, -0.25) is 9.59 Å². The summed E-state index contributed by atoms with van der Waals surface area (Å²) in [7, 11) is 0. The van der Waals surface area contributed by atoms with Crippen molar-refractivity contribution >= 4 is 23.2 Å². The highest BCUT2D eigenvalue weighted by molar-refractivity contribution is 5.94. The van der Waals surface area contributed by atoms with Gasteiger partial charge in [-0.25, -0.2) is 0 Å². The maximum absolute atomic E-state index is 13.5. The Morgan fingerprint density at radius 3 is 2.19 bits per heavy atom.